The van der Waals surface area contributed by atoms with Gasteiger partial charge in [0.2, 0.25) is 0 Å². The largest absolute Gasteiger partial charge is 0.344 e. The third-order valence-corrected chi connectivity index (χ3v) is 0. The number of hydrogen-bond donors (Lipinski definition) is 1. The van der Waals surface area contributed by atoms with Gasteiger partial charge in [0.15, 0.2) is 0 Å². The van der Waals surface area contributed by atoms with Crippen molar-refractivity contribution in [3.8, 4) is 0 Å². The number of hydrogen-bond acceptors (Lipinski definition) is 1. The first-order valence-corrected chi connectivity index (χ1v) is 0. The second-order valence-corrected chi connectivity index (χ2v) is 0. The predicted molar refractivity (Wildman–Crippen MR) is 15.0 cm³/mol. The third-order valence-electron chi connectivity index (χ3n) is 0. The van der Waals surface area contributed by atoms with Gasteiger partial charge in [-0.1, -0.05) is 0 Å². The molecule has 0 unspecified atom stereocenters. The Labute approximate surface area is 47.4 Å². The van der Waals surface area contributed by atoms with Crippen molar-refractivity contribution >= 4 is 0 Å². The van der Waals surface area contributed by atoms with E-state index < -0.39 is 0 Å². The van der Waals surface area contributed by atoms with Crippen molar-refractivity contribution in [1.82, 2.24) is 6.15 Å². The number of rotatable bonds is 0. The molecule has 6 heteroatoms. The van der Waals surface area contributed by atoms with Crippen LogP contribution in [0.4, 0.5) is 18.8 Å². The fraction of sp³-hybridized carbons (Fsp3) is 0. The average molecular weight is 145 g/mol. The Kier molecular flexibility index (Phi) is 134000. The fourth-order valence-corrected chi connectivity index (χ4v) is 0. The molecule has 0 saturated carbocycles. The second-order valence-electron chi connectivity index (χ2n) is 0. The van der Waals surface area contributed by atoms with E-state index in [0.717, 1.165) is 0 Å². The Morgan fingerprint density at radius 1 is 0.500 bits per heavy atom. The van der Waals surface area contributed by atoms with Crippen LogP contribution in [-0.2, 0) is 21.7 Å². The number of halogens is 4. The maximum absolute atomic E-state index is 0. The van der Waals surface area contributed by atoms with Crippen LogP contribution in [0.25, 0.3) is 0 Å². The van der Waals surface area contributed by atoms with E-state index in [9.17, 15) is 0 Å². The summed E-state index contributed by atoms with van der Waals surface area (Å²) in [6.45, 7) is 0. The first kappa shape index (κ1) is 1200. The van der Waals surface area contributed by atoms with Crippen LogP contribution in [0.5, 0.6) is 0 Å². The molecule has 0 aromatic carbocycles. The fourth-order valence-electron chi connectivity index (χ4n) is 0. The zero-order valence-corrected chi connectivity index (χ0v) is 4.40. The monoisotopic (exact) mass is 145 g/mol. The van der Waals surface area contributed by atoms with Crippen LogP contribution in [0.1, 0.15) is 0 Å². The maximum atomic E-state index is 0. The molecule has 0 aliphatic heterocycles. The summed E-state index contributed by atoms with van der Waals surface area (Å²) >= 11 is 0. The van der Waals surface area contributed by atoms with E-state index in [1.807, 2.05) is 0 Å². The molecule has 0 aliphatic rings. The van der Waals surface area contributed by atoms with Gasteiger partial charge in [0.25, 0.3) is 0 Å². The zero-order chi connectivity index (χ0) is 0. The van der Waals surface area contributed by atoms with E-state index >= 15 is 0 Å². The van der Waals surface area contributed by atoms with Gasteiger partial charge >= 0.3 is 0 Å². The van der Waals surface area contributed by atoms with Crippen LogP contribution >= 0.6 is 0 Å². The zero-order valence-electron chi connectivity index (χ0n) is 2.84. The molecule has 0 aromatic rings. The molecule has 6 heavy (non-hydrogen) atoms. The van der Waals surface area contributed by atoms with Gasteiger partial charge in [0.1, 0.15) is 0 Å². The van der Waals surface area contributed by atoms with Crippen molar-refractivity contribution < 1.29 is 40.5 Å². The Balaban J connectivity index is 0. The van der Waals surface area contributed by atoms with Gasteiger partial charge in [-0.15, -0.1) is 0 Å². The maximum Gasteiger partial charge on any atom is 0 e. The van der Waals surface area contributed by atoms with E-state index in [4.69, 9.17) is 0 Å². The molecule has 0 radical (unpaired) electrons. The molecule has 0 rings (SSSR count). The molecule has 0 saturated heterocycles. The quantitative estimate of drug-likeness (QED) is 0.396. The molecule has 44 valence electrons. The Morgan fingerprint density at radius 3 is 0.500 bits per heavy atom. The average Bonchev–Trinajstić information content (AvgIpc) is 0. The van der Waals surface area contributed by atoms with Gasteiger partial charge in [-0.2, -0.15) is 0 Å². The molecule has 0 amide bonds. The predicted octanol–water partition coefficient (Wildman–Crippen LogP) is 0.770. The molecular formula is H7F4NTi. The minimum Gasteiger partial charge on any atom is -0.344 e. The third kappa shape index (κ3) is 326. The summed E-state index contributed by atoms with van der Waals surface area (Å²) in [5.74, 6) is 0. The minimum atomic E-state index is 0. The van der Waals surface area contributed by atoms with E-state index in [-0.39, 0.29) is 46.7 Å². The van der Waals surface area contributed by atoms with Crippen LogP contribution in [0.3, 0.4) is 0 Å². The van der Waals surface area contributed by atoms with Crippen molar-refractivity contribution in [2.24, 2.45) is 0 Å². The molecule has 1 nitrogen and oxygen atoms in total. The summed E-state index contributed by atoms with van der Waals surface area (Å²) in [4.78, 5) is 0. The molecule has 0 aliphatic carbocycles. The Bertz CT molecular complexity index is 7.51. The molecule has 3 N–H and O–H groups in total. The smallest absolute Gasteiger partial charge is 0 e. The molecule has 0 bridgehead atoms. The Hall–Kier alpha value is 0.394. The SMILES string of the molecule is F.F.F.F.N.[Ti]. The van der Waals surface area contributed by atoms with Crippen molar-refractivity contribution in [1.29, 1.82) is 0 Å². The summed E-state index contributed by atoms with van der Waals surface area (Å²) < 4.78 is 0. The summed E-state index contributed by atoms with van der Waals surface area (Å²) in [5.41, 5.74) is 0. The van der Waals surface area contributed by atoms with Gasteiger partial charge in [-0.25, -0.2) is 0 Å². The molecule has 0 spiro atoms. The van der Waals surface area contributed by atoms with Crippen LogP contribution in [0.2, 0.25) is 0 Å². The van der Waals surface area contributed by atoms with Gasteiger partial charge < -0.3 is 6.15 Å². The van der Waals surface area contributed by atoms with Gasteiger partial charge in [0.05, 0.1) is 0 Å². The molecule has 0 atom stereocenters. The van der Waals surface area contributed by atoms with Gasteiger partial charge in [-0.05, 0) is 0 Å². The minimum absolute atomic E-state index is 0. The summed E-state index contributed by atoms with van der Waals surface area (Å²) in [5, 5.41) is 0. The first-order chi connectivity index (χ1) is 0. The molecular weight excluding hydrogens is 138 g/mol. The van der Waals surface area contributed by atoms with Crippen molar-refractivity contribution in [3.63, 3.8) is 0 Å². The van der Waals surface area contributed by atoms with Gasteiger partial charge in [-0.3, -0.25) is 18.8 Å². The molecule has 0 fully saturated rings. The van der Waals surface area contributed by atoms with Crippen LogP contribution in [0.15, 0.2) is 0 Å². The topological polar surface area (TPSA) is 35.0 Å². The Morgan fingerprint density at radius 2 is 0.500 bits per heavy atom. The van der Waals surface area contributed by atoms with E-state index in [0.29, 0.717) is 0 Å². The van der Waals surface area contributed by atoms with Crippen molar-refractivity contribution in [3.05, 3.63) is 0 Å². The van der Waals surface area contributed by atoms with E-state index in [1.165, 1.54) is 0 Å². The summed E-state index contributed by atoms with van der Waals surface area (Å²) in [6.07, 6.45) is 0. The van der Waals surface area contributed by atoms with E-state index in [1.54, 1.807) is 0 Å². The summed E-state index contributed by atoms with van der Waals surface area (Å²) in [6, 6.07) is 0. The standard InChI is InChI=1S/4FH.H3N.Ti/h4*1H;1H3;. The summed E-state index contributed by atoms with van der Waals surface area (Å²) in [7, 11) is 0. The first-order valence-electron chi connectivity index (χ1n) is 0. The van der Waals surface area contributed by atoms with Crippen molar-refractivity contribution in [2.45, 2.75) is 0 Å². The van der Waals surface area contributed by atoms with E-state index in [2.05, 4.69) is 0 Å². The van der Waals surface area contributed by atoms with Crippen molar-refractivity contribution in [2.75, 3.05) is 0 Å². The second kappa shape index (κ2) is 670. The van der Waals surface area contributed by atoms with Crippen LogP contribution in [0, 0.1) is 0 Å². The molecule has 0 heterocycles. The normalized spacial score (nSPS) is 0. The van der Waals surface area contributed by atoms with Gasteiger partial charge in [0, 0.05) is 21.7 Å². The van der Waals surface area contributed by atoms with Crippen LogP contribution < -0.4 is 6.15 Å². The van der Waals surface area contributed by atoms with Crippen LogP contribution in [-0.4, -0.2) is 0 Å². The molecule has 0 aromatic heterocycles.